The molecule has 0 radical (unpaired) electrons. The lowest BCUT2D eigenvalue weighted by Crippen LogP contribution is -2.39. The predicted octanol–water partition coefficient (Wildman–Crippen LogP) is 4.98. The maximum absolute atomic E-state index is 14.0. The molecule has 0 aromatic heterocycles. The van der Waals surface area contributed by atoms with Gasteiger partial charge in [-0.15, -0.1) is 0 Å². The number of aromatic hydroxyl groups is 1. The van der Waals surface area contributed by atoms with Crippen molar-refractivity contribution in [2.24, 2.45) is 17.8 Å². The Morgan fingerprint density at radius 1 is 0.975 bits per heavy atom. The number of imide groups is 1. The fourth-order valence-corrected chi connectivity index (χ4v) is 7.40. The number of methoxy groups -OCH3 is 2. The Bertz CT molecular complexity index is 1580. The Hall–Kier alpha value is -3.25. The number of rotatable bonds is 4. The number of anilines is 1. The molecule has 0 unspecified atom stereocenters. The van der Waals surface area contributed by atoms with Gasteiger partial charge in [0.05, 0.1) is 36.2 Å². The van der Waals surface area contributed by atoms with Crippen LogP contribution in [0.3, 0.4) is 0 Å². The van der Waals surface area contributed by atoms with E-state index in [-0.39, 0.29) is 51.5 Å². The number of allylic oxidation sites excluding steroid dienone is 6. The molecule has 1 fully saturated rings. The molecule has 1 N–H and O–H groups in total. The zero-order valence-corrected chi connectivity index (χ0v) is 25.2. The van der Waals surface area contributed by atoms with Crippen LogP contribution in [0, 0.1) is 21.3 Å². The number of ether oxygens (including phenoxy) is 2. The molecule has 4 atom stereocenters. The van der Waals surface area contributed by atoms with Crippen molar-refractivity contribution in [3.05, 3.63) is 78.9 Å². The number of hydrogen-bond donors (Lipinski definition) is 1. The van der Waals surface area contributed by atoms with Crippen molar-refractivity contribution in [3.8, 4) is 17.2 Å². The van der Waals surface area contributed by atoms with Crippen molar-refractivity contribution >= 4 is 67.6 Å². The predicted molar refractivity (Wildman–Crippen MR) is 157 cm³/mol. The molecule has 1 heterocycles. The molecule has 4 aliphatic rings. The number of phenolic OH excluding ortho intramolecular Hbond substituents is 1. The van der Waals surface area contributed by atoms with Gasteiger partial charge >= 0.3 is 0 Å². The van der Waals surface area contributed by atoms with Crippen molar-refractivity contribution in [3.63, 3.8) is 0 Å². The van der Waals surface area contributed by atoms with Gasteiger partial charge in [0.1, 0.15) is 17.2 Å². The number of amides is 2. The number of nitrogens with zero attached hydrogens (tertiary/aromatic N) is 1. The topological polar surface area (TPSA) is 110 Å². The van der Waals surface area contributed by atoms with Gasteiger partial charge in [-0.05, 0) is 81.5 Å². The van der Waals surface area contributed by atoms with Gasteiger partial charge in [0.15, 0.2) is 11.6 Å². The van der Waals surface area contributed by atoms with E-state index in [0.717, 1.165) is 9.14 Å². The number of benzene rings is 2. The van der Waals surface area contributed by atoms with Crippen molar-refractivity contribution in [2.45, 2.75) is 18.8 Å². The molecule has 2 aromatic carbocycles. The Kier molecular flexibility index (Phi) is 6.73. The summed E-state index contributed by atoms with van der Waals surface area (Å²) in [6.45, 7) is 0. The van der Waals surface area contributed by atoms with E-state index in [0.29, 0.717) is 28.8 Å². The third-order valence-electron chi connectivity index (χ3n) is 8.23. The summed E-state index contributed by atoms with van der Waals surface area (Å²) in [5.41, 5.74) is 2.35. The third kappa shape index (κ3) is 3.98. The lowest BCUT2D eigenvalue weighted by molar-refractivity contribution is -0.123. The van der Waals surface area contributed by atoms with Crippen molar-refractivity contribution in [1.82, 2.24) is 0 Å². The highest BCUT2D eigenvalue weighted by Gasteiger charge is 2.57. The minimum atomic E-state index is -0.774. The monoisotopic (exact) mass is 715 g/mol. The van der Waals surface area contributed by atoms with E-state index in [9.17, 15) is 24.3 Å². The Morgan fingerprint density at radius 2 is 1.62 bits per heavy atom. The first-order valence-corrected chi connectivity index (χ1v) is 14.5. The van der Waals surface area contributed by atoms with E-state index in [1.165, 1.54) is 37.3 Å². The van der Waals surface area contributed by atoms with E-state index in [1.807, 2.05) is 18.2 Å². The Morgan fingerprint density at radius 3 is 2.25 bits per heavy atom. The number of fused-ring (bicyclic) bond motifs is 3. The van der Waals surface area contributed by atoms with Gasteiger partial charge in [0, 0.05) is 44.4 Å². The molecule has 8 nitrogen and oxygen atoms in total. The number of carbonyl (C=O) groups is 4. The number of hydrogen-bond acceptors (Lipinski definition) is 7. The summed E-state index contributed by atoms with van der Waals surface area (Å²) in [5, 5.41) is 10.3. The average Bonchev–Trinajstić information content (AvgIpc) is 3.20. The zero-order valence-electron chi connectivity index (χ0n) is 21.4. The van der Waals surface area contributed by atoms with Crippen LogP contribution in [0.1, 0.15) is 24.3 Å². The molecular formula is C30H23BrINO7. The van der Waals surface area contributed by atoms with Crippen LogP contribution in [-0.4, -0.2) is 42.7 Å². The molecule has 0 bridgehead atoms. The van der Waals surface area contributed by atoms with Crippen LogP contribution in [0.5, 0.6) is 17.2 Å². The van der Waals surface area contributed by atoms with Crippen LogP contribution in [0.4, 0.5) is 5.69 Å². The number of carbonyl (C=O) groups excluding carboxylic acids is 4. The number of halogens is 2. The molecule has 3 aliphatic carbocycles. The summed E-state index contributed by atoms with van der Waals surface area (Å²) >= 11 is 5.40. The fourth-order valence-electron chi connectivity index (χ4n) is 6.59. The second-order valence-electron chi connectivity index (χ2n) is 10.1. The lowest BCUT2D eigenvalue weighted by Gasteiger charge is -2.42. The molecule has 2 amide bonds. The third-order valence-corrected chi connectivity index (χ3v) is 9.54. The molecule has 10 heteroatoms. The zero-order chi connectivity index (χ0) is 28.5. The molecule has 40 heavy (non-hydrogen) atoms. The maximum atomic E-state index is 14.0. The summed E-state index contributed by atoms with van der Waals surface area (Å²) in [7, 11) is 2.89. The summed E-state index contributed by atoms with van der Waals surface area (Å²) in [4.78, 5) is 55.8. The van der Waals surface area contributed by atoms with Gasteiger partial charge in [-0.2, -0.15) is 0 Å². The maximum Gasteiger partial charge on any atom is 0.238 e. The van der Waals surface area contributed by atoms with Gasteiger partial charge in [0.25, 0.3) is 0 Å². The Labute approximate surface area is 252 Å². The largest absolute Gasteiger partial charge is 0.508 e. The van der Waals surface area contributed by atoms with E-state index in [1.54, 1.807) is 12.1 Å². The van der Waals surface area contributed by atoms with Crippen molar-refractivity contribution < 1.29 is 33.8 Å². The second kappa shape index (κ2) is 9.99. The molecule has 0 saturated carbocycles. The molecule has 1 aliphatic heterocycles. The highest BCUT2D eigenvalue weighted by Crippen LogP contribution is 2.58. The first-order chi connectivity index (χ1) is 19.2. The normalized spacial score (nSPS) is 25.8. The van der Waals surface area contributed by atoms with E-state index in [4.69, 9.17) is 9.47 Å². The summed E-state index contributed by atoms with van der Waals surface area (Å²) in [6.07, 6.45) is 3.66. The first kappa shape index (κ1) is 26.9. The number of Topliss-reactive ketones (excluding diaryl/α,β-unsaturated/α-hetero) is 1. The first-order valence-electron chi connectivity index (χ1n) is 12.6. The van der Waals surface area contributed by atoms with Crippen LogP contribution in [0.2, 0.25) is 0 Å². The highest BCUT2D eigenvalue weighted by atomic mass is 127. The summed E-state index contributed by atoms with van der Waals surface area (Å²) in [6, 6.07) is 10.1. The lowest BCUT2D eigenvalue weighted by atomic mass is 9.59. The summed E-state index contributed by atoms with van der Waals surface area (Å²) in [5.74, 6) is -3.35. The van der Waals surface area contributed by atoms with Gasteiger partial charge < -0.3 is 14.6 Å². The van der Waals surface area contributed by atoms with Crippen molar-refractivity contribution in [1.29, 1.82) is 0 Å². The van der Waals surface area contributed by atoms with Crippen LogP contribution in [0.15, 0.2) is 69.8 Å². The quantitative estimate of drug-likeness (QED) is 0.206. The molecule has 6 rings (SSSR count). The Balaban J connectivity index is 1.54. The summed E-state index contributed by atoms with van der Waals surface area (Å²) < 4.78 is 12.4. The number of ketones is 2. The standard InChI is InChI=1S/C30H23BrINO7/c1-39-22-9-15(34)10-23(40-2)27(22)26-16-7-8-17-24(18(16)11-19-25(26)21(35)12-20(31)28(19)36)30(38)33(29(17)37)14-5-3-13(32)4-6-14/h3-7,9-10,12,17-18,24,26,34H,8,11H2,1-2H3/t17-,18+,24-,26-/m0/s1. The minimum absolute atomic E-state index is 0.0879. The smallest absolute Gasteiger partial charge is 0.238 e. The fraction of sp³-hybridized carbons (Fsp3) is 0.267. The molecule has 0 spiro atoms. The van der Waals surface area contributed by atoms with Crippen LogP contribution >= 0.6 is 38.5 Å². The van der Waals surface area contributed by atoms with Gasteiger partial charge in [-0.3, -0.25) is 24.1 Å². The highest BCUT2D eigenvalue weighted by molar-refractivity contribution is 14.1. The van der Waals surface area contributed by atoms with Gasteiger partial charge in [0.2, 0.25) is 11.8 Å². The molecular weight excluding hydrogens is 693 g/mol. The SMILES string of the molecule is COc1cc(O)cc(OC)c1[C@H]1C2=CC[C@@H]3C(=O)N(c4ccc(I)cc4)C(=O)[C@@H]3[C@@H]2CC2=C1C(=O)C=C(Br)C2=O. The second-order valence-corrected chi connectivity index (χ2v) is 12.2. The van der Waals surface area contributed by atoms with Gasteiger partial charge in [-0.1, -0.05) is 11.6 Å². The van der Waals surface area contributed by atoms with Crippen molar-refractivity contribution in [2.75, 3.05) is 19.1 Å². The van der Waals surface area contributed by atoms with Gasteiger partial charge in [-0.25, -0.2) is 0 Å². The number of phenols is 1. The minimum Gasteiger partial charge on any atom is -0.508 e. The average molecular weight is 716 g/mol. The van der Waals surface area contributed by atoms with E-state index >= 15 is 0 Å². The molecule has 1 saturated heterocycles. The van der Waals surface area contributed by atoms with E-state index < -0.39 is 23.7 Å². The van der Waals surface area contributed by atoms with Crippen LogP contribution in [-0.2, 0) is 19.2 Å². The van der Waals surface area contributed by atoms with Crippen LogP contribution < -0.4 is 14.4 Å². The molecule has 204 valence electrons. The van der Waals surface area contributed by atoms with E-state index in [2.05, 4.69) is 38.5 Å². The molecule has 2 aromatic rings. The van der Waals surface area contributed by atoms with Crippen LogP contribution in [0.25, 0.3) is 0 Å².